The molecule has 0 aliphatic rings. The SMILES string of the molecule is O=C(O)c1ccc(OCCCNc2nc3ccccc3[nH]2)cc1. The number of hydrogen-bond donors (Lipinski definition) is 3. The lowest BCUT2D eigenvalue weighted by Gasteiger charge is -2.07. The number of carboxylic acids is 1. The van der Waals surface area contributed by atoms with Crippen LogP contribution in [0.2, 0.25) is 0 Å². The van der Waals surface area contributed by atoms with Gasteiger partial charge in [0.2, 0.25) is 5.95 Å². The molecule has 23 heavy (non-hydrogen) atoms. The molecule has 0 amide bonds. The van der Waals surface area contributed by atoms with E-state index in [1.54, 1.807) is 12.1 Å². The van der Waals surface area contributed by atoms with Crippen LogP contribution in [0.4, 0.5) is 5.95 Å². The van der Waals surface area contributed by atoms with Crippen molar-refractivity contribution >= 4 is 23.0 Å². The molecular weight excluding hydrogens is 294 g/mol. The van der Waals surface area contributed by atoms with Crippen LogP contribution in [0.3, 0.4) is 0 Å². The van der Waals surface area contributed by atoms with Crippen molar-refractivity contribution in [3.8, 4) is 5.75 Å². The number of carbonyl (C=O) groups is 1. The highest BCUT2D eigenvalue weighted by Crippen LogP contribution is 2.14. The van der Waals surface area contributed by atoms with Crippen molar-refractivity contribution in [1.29, 1.82) is 0 Å². The normalized spacial score (nSPS) is 10.6. The Morgan fingerprint density at radius 3 is 2.70 bits per heavy atom. The van der Waals surface area contributed by atoms with Crippen molar-refractivity contribution in [2.45, 2.75) is 6.42 Å². The first kappa shape index (κ1) is 14.9. The molecule has 0 fully saturated rings. The van der Waals surface area contributed by atoms with Crippen LogP contribution in [0.5, 0.6) is 5.75 Å². The molecule has 1 aromatic heterocycles. The maximum Gasteiger partial charge on any atom is 0.335 e. The van der Waals surface area contributed by atoms with Crippen LogP contribution in [0.25, 0.3) is 11.0 Å². The van der Waals surface area contributed by atoms with Crippen LogP contribution in [-0.2, 0) is 0 Å². The van der Waals surface area contributed by atoms with E-state index in [0.29, 0.717) is 12.4 Å². The number of H-pyrrole nitrogens is 1. The third-order valence-electron chi connectivity index (χ3n) is 3.37. The van der Waals surface area contributed by atoms with E-state index in [4.69, 9.17) is 9.84 Å². The van der Waals surface area contributed by atoms with Gasteiger partial charge in [0.05, 0.1) is 23.2 Å². The molecule has 6 nitrogen and oxygen atoms in total. The third-order valence-corrected chi connectivity index (χ3v) is 3.37. The second kappa shape index (κ2) is 6.83. The molecule has 2 aromatic carbocycles. The number of carboxylic acid groups (broad SMARTS) is 1. The van der Waals surface area contributed by atoms with Crippen LogP contribution < -0.4 is 10.1 Å². The molecule has 0 spiro atoms. The first-order valence-corrected chi connectivity index (χ1v) is 7.37. The molecule has 3 N–H and O–H groups in total. The number of imidazole rings is 1. The van der Waals surface area contributed by atoms with Crippen molar-refractivity contribution in [2.75, 3.05) is 18.5 Å². The van der Waals surface area contributed by atoms with E-state index in [9.17, 15) is 4.79 Å². The van der Waals surface area contributed by atoms with Crippen molar-refractivity contribution in [2.24, 2.45) is 0 Å². The van der Waals surface area contributed by atoms with E-state index in [1.807, 2.05) is 24.3 Å². The second-order valence-electron chi connectivity index (χ2n) is 5.06. The van der Waals surface area contributed by atoms with E-state index in [1.165, 1.54) is 12.1 Å². The van der Waals surface area contributed by atoms with Gasteiger partial charge in [-0.05, 0) is 42.8 Å². The van der Waals surface area contributed by atoms with E-state index in [2.05, 4.69) is 15.3 Å². The molecule has 0 saturated heterocycles. The fourth-order valence-corrected chi connectivity index (χ4v) is 2.20. The minimum absolute atomic E-state index is 0.254. The summed E-state index contributed by atoms with van der Waals surface area (Å²) in [7, 11) is 0. The quantitative estimate of drug-likeness (QED) is 0.583. The number of nitrogens with zero attached hydrogens (tertiary/aromatic N) is 1. The van der Waals surface area contributed by atoms with Crippen molar-refractivity contribution in [1.82, 2.24) is 9.97 Å². The summed E-state index contributed by atoms with van der Waals surface area (Å²) in [6.45, 7) is 1.27. The first-order chi connectivity index (χ1) is 11.2. The van der Waals surface area contributed by atoms with Gasteiger partial charge in [0.15, 0.2) is 0 Å². The minimum atomic E-state index is -0.938. The molecule has 1 heterocycles. The first-order valence-electron chi connectivity index (χ1n) is 7.37. The molecule has 3 rings (SSSR count). The molecule has 3 aromatic rings. The fraction of sp³-hybridized carbons (Fsp3) is 0.176. The number of benzene rings is 2. The van der Waals surface area contributed by atoms with Gasteiger partial charge in [0, 0.05) is 6.54 Å². The van der Waals surface area contributed by atoms with Gasteiger partial charge in [-0.3, -0.25) is 0 Å². The highest BCUT2D eigenvalue weighted by Gasteiger charge is 2.03. The maximum absolute atomic E-state index is 10.8. The highest BCUT2D eigenvalue weighted by atomic mass is 16.5. The van der Waals surface area contributed by atoms with Gasteiger partial charge in [-0.1, -0.05) is 12.1 Å². The van der Waals surface area contributed by atoms with Gasteiger partial charge in [-0.15, -0.1) is 0 Å². The summed E-state index contributed by atoms with van der Waals surface area (Å²) in [4.78, 5) is 18.4. The Bertz CT molecular complexity index is 763. The lowest BCUT2D eigenvalue weighted by molar-refractivity contribution is 0.0697. The van der Waals surface area contributed by atoms with E-state index in [-0.39, 0.29) is 5.56 Å². The predicted molar refractivity (Wildman–Crippen MR) is 88.1 cm³/mol. The smallest absolute Gasteiger partial charge is 0.335 e. The zero-order valence-electron chi connectivity index (χ0n) is 12.5. The summed E-state index contributed by atoms with van der Waals surface area (Å²) in [5.41, 5.74) is 2.19. The monoisotopic (exact) mass is 311 g/mol. The van der Waals surface area contributed by atoms with Crippen LogP contribution in [0.15, 0.2) is 48.5 Å². The molecule has 0 aliphatic heterocycles. The Morgan fingerprint density at radius 2 is 1.96 bits per heavy atom. The molecule has 0 saturated carbocycles. The van der Waals surface area contributed by atoms with Crippen LogP contribution >= 0.6 is 0 Å². The van der Waals surface area contributed by atoms with Crippen molar-refractivity contribution in [3.05, 3.63) is 54.1 Å². The summed E-state index contributed by atoms with van der Waals surface area (Å²) in [6, 6.07) is 14.3. The number of aromatic amines is 1. The Morgan fingerprint density at radius 1 is 1.17 bits per heavy atom. The maximum atomic E-state index is 10.8. The molecule has 6 heteroatoms. The van der Waals surface area contributed by atoms with E-state index in [0.717, 1.165) is 29.9 Å². The number of para-hydroxylation sites is 2. The predicted octanol–water partition coefficient (Wildman–Crippen LogP) is 3.14. The average Bonchev–Trinajstić information content (AvgIpc) is 2.97. The van der Waals surface area contributed by atoms with Gasteiger partial charge in [0.1, 0.15) is 5.75 Å². The third kappa shape index (κ3) is 3.79. The Balaban J connectivity index is 1.42. The number of ether oxygens (including phenoxy) is 1. The highest BCUT2D eigenvalue weighted by molar-refractivity contribution is 5.87. The van der Waals surface area contributed by atoms with Gasteiger partial charge in [-0.25, -0.2) is 9.78 Å². The molecule has 118 valence electrons. The van der Waals surface area contributed by atoms with E-state index >= 15 is 0 Å². The van der Waals surface area contributed by atoms with Crippen LogP contribution in [0.1, 0.15) is 16.8 Å². The zero-order valence-corrected chi connectivity index (χ0v) is 12.5. The summed E-state index contributed by atoms with van der Waals surface area (Å²) in [5, 5.41) is 12.0. The summed E-state index contributed by atoms with van der Waals surface area (Å²) < 4.78 is 5.57. The zero-order chi connectivity index (χ0) is 16.1. The minimum Gasteiger partial charge on any atom is -0.494 e. The fourth-order valence-electron chi connectivity index (χ4n) is 2.20. The lowest BCUT2D eigenvalue weighted by Crippen LogP contribution is -2.08. The van der Waals surface area contributed by atoms with Gasteiger partial charge in [0.25, 0.3) is 0 Å². The molecule has 0 atom stereocenters. The molecule has 0 aliphatic carbocycles. The molecular formula is C17H17N3O3. The van der Waals surface area contributed by atoms with Crippen LogP contribution in [-0.4, -0.2) is 34.2 Å². The summed E-state index contributed by atoms with van der Waals surface area (Å²) in [5.74, 6) is 0.474. The van der Waals surface area contributed by atoms with E-state index < -0.39 is 5.97 Å². The van der Waals surface area contributed by atoms with Crippen molar-refractivity contribution in [3.63, 3.8) is 0 Å². The topological polar surface area (TPSA) is 87.2 Å². The van der Waals surface area contributed by atoms with Crippen LogP contribution in [0, 0.1) is 0 Å². The Hall–Kier alpha value is -3.02. The number of fused-ring (bicyclic) bond motifs is 1. The van der Waals surface area contributed by atoms with Crippen molar-refractivity contribution < 1.29 is 14.6 Å². The Labute approximate surface area is 133 Å². The number of hydrogen-bond acceptors (Lipinski definition) is 4. The molecule has 0 radical (unpaired) electrons. The number of aromatic carboxylic acids is 1. The number of aromatic nitrogens is 2. The lowest BCUT2D eigenvalue weighted by atomic mass is 10.2. The molecule has 0 bridgehead atoms. The average molecular weight is 311 g/mol. The molecule has 0 unspecified atom stereocenters. The van der Waals surface area contributed by atoms with Gasteiger partial charge < -0.3 is 20.1 Å². The second-order valence-corrected chi connectivity index (χ2v) is 5.06. The standard InChI is InChI=1S/C17H17N3O3/c21-16(22)12-6-8-13(9-7-12)23-11-3-10-18-17-19-14-4-1-2-5-15(14)20-17/h1-2,4-9H,3,10-11H2,(H,21,22)(H2,18,19,20). The largest absolute Gasteiger partial charge is 0.494 e. The number of anilines is 1. The number of nitrogens with one attached hydrogen (secondary N) is 2. The van der Waals surface area contributed by atoms with Gasteiger partial charge in [-0.2, -0.15) is 0 Å². The van der Waals surface area contributed by atoms with Gasteiger partial charge >= 0.3 is 5.97 Å². The summed E-state index contributed by atoms with van der Waals surface area (Å²) >= 11 is 0. The Kier molecular flexibility index (Phi) is 4.42. The number of rotatable bonds is 7. The summed E-state index contributed by atoms with van der Waals surface area (Å²) in [6.07, 6.45) is 0.803.